The minimum Gasteiger partial charge on any atom is -0.493 e. The van der Waals surface area contributed by atoms with Crippen molar-refractivity contribution in [3.8, 4) is 11.2 Å². The Kier molecular flexibility index (Phi) is 8.08. The maximum absolute atomic E-state index is 13.5. The molecule has 2 nitrogen and oxygen atoms in total. The van der Waals surface area contributed by atoms with E-state index in [1.54, 1.807) is 12.1 Å². The van der Waals surface area contributed by atoms with Crippen molar-refractivity contribution in [1.29, 1.82) is 5.26 Å². The highest BCUT2D eigenvalue weighted by Gasteiger charge is 2.04. The molecule has 0 saturated heterocycles. The molecule has 0 bridgehead atoms. The van der Waals surface area contributed by atoms with E-state index in [9.17, 15) is 4.39 Å². The summed E-state index contributed by atoms with van der Waals surface area (Å²) in [4.78, 5) is 0.342. The number of ether oxygens (including phenoxy) is 1. The van der Waals surface area contributed by atoms with Gasteiger partial charge in [-0.3, -0.25) is 0 Å². The first-order valence-electron chi connectivity index (χ1n) is 6.76. The summed E-state index contributed by atoms with van der Waals surface area (Å²) in [6.07, 6.45) is 7.23. The maximum Gasteiger partial charge on any atom is 0.141 e. The summed E-state index contributed by atoms with van der Waals surface area (Å²) in [7, 11) is 0. The van der Waals surface area contributed by atoms with Crippen molar-refractivity contribution in [2.75, 3.05) is 6.61 Å². The molecule has 0 atom stereocenters. The highest BCUT2D eigenvalue weighted by molar-refractivity contribution is 8.03. The van der Waals surface area contributed by atoms with Crippen molar-refractivity contribution in [2.24, 2.45) is 0 Å². The largest absolute Gasteiger partial charge is 0.493 e. The predicted octanol–water partition coefficient (Wildman–Crippen LogP) is 5.14. The fraction of sp³-hybridized carbons (Fsp3) is 0.533. The van der Waals surface area contributed by atoms with Gasteiger partial charge >= 0.3 is 0 Å². The molecule has 0 aliphatic rings. The average Bonchev–Trinajstić information content (AvgIpc) is 2.41. The van der Waals surface area contributed by atoms with Crippen molar-refractivity contribution in [2.45, 2.75) is 50.3 Å². The summed E-state index contributed by atoms with van der Waals surface area (Å²) in [5.74, 6) is 0.139. The molecule has 0 unspecified atom stereocenters. The fourth-order valence-electron chi connectivity index (χ4n) is 1.78. The zero-order valence-electron chi connectivity index (χ0n) is 11.3. The molecule has 0 aliphatic heterocycles. The van der Waals surface area contributed by atoms with Crippen molar-refractivity contribution in [3.63, 3.8) is 0 Å². The number of hydrogen-bond acceptors (Lipinski definition) is 3. The van der Waals surface area contributed by atoms with Gasteiger partial charge in [-0.05, 0) is 30.3 Å². The molecule has 0 saturated carbocycles. The smallest absolute Gasteiger partial charge is 0.141 e. The lowest BCUT2D eigenvalue weighted by Crippen LogP contribution is -1.98. The molecule has 0 aliphatic carbocycles. The molecular formula is C15H20FNOS. The Balaban J connectivity index is 2.23. The Bertz CT molecular complexity index is 417. The standard InChI is InChI=1S/C15H20FNOS/c1-2-3-4-5-6-7-10-18-13-8-9-15(19-12-17)14(16)11-13/h8-9,11H,2-7,10H2,1H3. The highest BCUT2D eigenvalue weighted by Crippen LogP contribution is 2.24. The Hall–Kier alpha value is -1.21. The first-order valence-corrected chi connectivity index (χ1v) is 7.58. The number of benzene rings is 1. The van der Waals surface area contributed by atoms with Gasteiger partial charge in [0.1, 0.15) is 17.0 Å². The number of rotatable bonds is 9. The molecule has 0 aromatic heterocycles. The normalized spacial score (nSPS) is 10.2. The van der Waals surface area contributed by atoms with Crippen LogP contribution in [0.3, 0.4) is 0 Å². The van der Waals surface area contributed by atoms with E-state index in [0.717, 1.165) is 24.6 Å². The number of nitriles is 1. The fourth-order valence-corrected chi connectivity index (χ4v) is 2.17. The molecule has 0 amide bonds. The predicted molar refractivity (Wildman–Crippen MR) is 76.7 cm³/mol. The summed E-state index contributed by atoms with van der Waals surface area (Å²) in [5, 5.41) is 10.3. The van der Waals surface area contributed by atoms with E-state index < -0.39 is 5.82 Å². The number of thioether (sulfide) groups is 1. The Morgan fingerprint density at radius 1 is 1.21 bits per heavy atom. The minimum absolute atomic E-state index is 0.342. The molecule has 0 radical (unpaired) electrons. The van der Waals surface area contributed by atoms with Gasteiger partial charge in [0.15, 0.2) is 0 Å². The van der Waals surface area contributed by atoms with Crippen LogP contribution in [0.15, 0.2) is 23.1 Å². The van der Waals surface area contributed by atoms with E-state index in [-0.39, 0.29) is 0 Å². The molecule has 1 aromatic rings. The van der Waals surface area contributed by atoms with E-state index in [1.165, 1.54) is 31.7 Å². The number of hydrogen-bond donors (Lipinski definition) is 0. The molecule has 0 heterocycles. The lowest BCUT2D eigenvalue weighted by atomic mass is 10.1. The molecule has 0 spiro atoms. The molecule has 1 aromatic carbocycles. The molecule has 1 rings (SSSR count). The number of nitrogens with zero attached hydrogens (tertiary/aromatic N) is 1. The minimum atomic E-state index is -0.396. The number of unbranched alkanes of at least 4 members (excludes halogenated alkanes) is 5. The van der Waals surface area contributed by atoms with Crippen LogP contribution < -0.4 is 4.74 Å². The third-order valence-corrected chi connectivity index (χ3v) is 3.47. The lowest BCUT2D eigenvalue weighted by Gasteiger charge is -2.07. The summed E-state index contributed by atoms with van der Waals surface area (Å²) in [6.45, 7) is 2.82. The van der Waals surface area contributed by atoms with Gasteiger partial charge in [-0.2, -0.15) is 5.26 Å². The van der Waals surface area contributed by atoms with Crippen molar-refractivity contribution >= 4 is 11.8 Å². The first-order chi connectivity index (χ1) is 9.27. The van der Waals surface area contributed by atoms with E-state index in [2.05, 4.69) is 6.92 Å². The molecule has 0 N–H and O–H groups in total. The zero-order chi connectivity index (χ0) is 13.9. The van der Waals surface area contributed by atoms with Crippen LogP contribution in [0.4, 0.5) is 4.39 Å². The van der Waals surface area contributed by atoms with E-state index in [1.807, 2.05) is 5.40 Å². The van der Waals surface area contributed by atoms with Crippen molar-refractivity contribution in [3.05, 3.63) is 24.0 Å². The van der Waals surface area contributed by atoms with Crippen LogP contribution >= 0.6 is 11.8 Å². The van der Waals surface area contributed by atoms with E-state index in [0.29, 0.717) is 17.3 Å². The molecular weight excluding hydrogens is 261 g/mol. The van der Waals surface area contributed by atoms with Gasteiger partial charge in [-0.15, -0.1) is 0 Å². The van der Waals surface area contributed by atoms with Crippen LogP contribution in [0.5, 0.6) is 5.75 Å². The zero-order valence-corrected chi connectivity index (χ0v) is 12.1. The van der Waals surface area contributed by atoms with Crippen LogP contribution in [0.2, 0.25) is 0 Å². The van der Waals surface area contributed by atoms with E-state index in [4.69, 9.17) is 10.00 Å². The van der Waals surface area contributed by atoms with Crippen LogP contribution in [0.1, 0.15) is 45.4 Å². The third-order valence-electron chi connectivity index (χ3n) is 2.83. The SMILES string of the molecule is CCCCCCCCOc1ccc(SC#N)c(F)c1. The summed E-state index contributed by atoms with van der Waals surface area (Å²) < 4.78 is 19.0. The van der Waals surface area contributed by atoms with Crippen LogP contribution in [-0.4, -0.2) is 6.61 Å². The average molecular weight is 281 g/mol. The van der Waals surface area contributed by atoms with Gasteiger partial charge in [-0.1, -0.05) is 39.0 Å². The van der Waals surface area contributed by atoms with Crippen LogP contribution in [0, 0.1) is 16.5 Å². The summed E-state index contributed by atoms with van der Waals surface area (Å²) >= 11 is 0.825. The molecule has 4 heteroatoms. The Morgan fingerprint density at radius 2 is 1.95 bits per heavy atom. The van der Waals surface area contributed by atoms with Gasteiger partial charge < -0.3 is 4.74 Å². The van der Waals surface area contributed by atoms with Crippen LogP contribution in [-0.2, 0) is 0 Å². The third kappa shape index (κ3) is 6.49. The van der Waals surface area contributed by atoms with Gasteiger partial charge in [0, 0.05) is 6.07 Å². The number of thiocyanates is 1. The second-order valence-electron chi connectivity index (χ2n) is 4.40. The Labute approximate surface area is 119 Å². The lowest BCUT2D eigenvalue weighted by molar-refractivity contribution is 0.302. The van der Waals surface area contributed by atoms with E-state index >= 15 is 0 Å². The van der Waals surface area contributed by atoms with Gasteiger partial charge in [-0.25, -0.2) is 4.39 Å². The Morgan fingerprint density at radius 3 is 2.63 bits per heavy atom. The quantitative estimate of drug-likeness (QED) is 0.357. The van der Waals surface area contributed by atoms with Gasteiger partial charge in [0.25, 0.3) is 0 Å². The molecule has 0 fully saturated rings. The number of halogens is 1. The van der Waals surface area contributed by atoms with Gasteiger partial charge in [0.2, 0.25) is 0 Å². The first kappa shape index (κ1) is 15.8. The highest BCUT2D eigenvalue weighted by atomic mass is 32.2. The maximum atomic E-state index is 13.5. The summed E-state index contributed by atoms with van der Waals surface area (Å²) in [6, 6.07) is 4.64. The van der Waals surface area contributed by atoms with Gasteiger partial charge in [0.05, 0.1) is 11.5 Å². The van der Waals surface area contributed by atoms with Crippen LogP contribution in [0.25, 0.3) is 0 Å². The second kappa shape index (κ2) is 9.69. The second-order valence-corrected chi connectivity index (χ2v) is 5.23. The van der Waals surface area contributed by atoms with Crippen molar-refractivity contribution < 1.29 is 9.13 Å². The topological polar surface area (TPSA) is 33.0 Å². The van der Waals surface area contributed by atoms with Crippen molar-refractivity contribution in [1.82, 2.24) is 0 Å². The monoisotopic (exact) mass is 281 g/mol. The summed E-state index contributed by atoms with van der Waals surface area (Å²) in [5.41, 5.74) is 0. The molecule has 104 valence electrons. The molecule has 19 heavy (non-hydrogen) atoms.